The van der Waals surface area contributed by atoms with Crippen LogP contribution in [0.4, 0.5) is 0 Å². The van der Waals surface area contributed by atoms with Crippen molar-refractivity contribution in [2.75, 3.05) is 0 Å². The maximum absolute atomic E-state index is 6.25. The molecule has 0 saturated carbocycles. The summed E-state index contributed by atoms with van der Waals surface area (Å²) in [5.74, 6) is 0.968. The van der Waals surface area contributed by atoms with Crippen molar-refractivity contribution < 1.29 is 4.52 Å². The quantitative estimate of drug-likeness (QED) is 0.355. The van der Waals surface area contributed by atoms with Crippen LogP contribution in [0.2, 0.25) is 5.02 Å². The number of aryl methyl sites for hydroxylation is 1. The van der Waals surface area contributed by atoms with Crippen molar-refractivity contribution in [2.45, 2.75) is 44.4 Å². The number of pyridine rings is 1. The zero-order valence-electron chi connectivity index (χ0n) is 17.5. The molecule has 6 nitrogen and oxygen atoms in total. The van der Waals surface area contributed by atoms with Crippen LogP contribution < -0.4 is 0 Å². The van der Waals surface area contributed by atoms with Crippen molar-refractivity contribution in [2.24, 2.45) is 0 Å². The van der Waals surface area contributed by atoms with Gasteiger partial charge in [0.05, 0.1) is 27.1 Å². The molecule has 0 saturated heterocycles. The molecule has 3 aromatic heterocycles. The lowest BCUT2D eigenvalue weighted by Gasteiger charge is -2.16. The SMILES string of the molecule is Cc1nn(-c2ccc(-c3nc(-c4ccc(SC(C)(C)C)nc4)no3)cc2)c(C)c1Cl. The van der Waals surface area contributed by atoms with E-state index < -0.39 is 0 Å². The lowest BCUT2D eigenvalue weighted by atomic mass is 10.2. The molecule has 0 spiro atoms. The number of nitrogens with zero attached hydrogens (tertiary/aromatic N) is 5. The molecule has 4 rings (SSSR count). The number of hydrogen-bond donors (Lipinski definition) is 0. The second-order valence-corrected chi connectivity index (χ2v) is 10.2. The van der Waals surface area contributed by atoms with Crippen LogP contribution in [0.25, 0.3) is 28.5 Å². The lowest BCUT2D eigenvalue weighted by molar-refractivity contribution is 0.432. The monoisotopic (exact) mass is 439 g/mol. The van der Waals surface area contributed by atoms with Gasteiger partial charge in [-0.15, -0.1) is 11.8 Å². The predicted molar refractivity (Wildman–Crippen MR) is 120 cm³/mol. The fraction of sp³-hybridized carbons (Fsp3) is 0.273. The maximum atomic E-state index is 6.25. The Morgan fingerprint density at radius 3 is 2.27 bits per heavy atom. The summed E-state index contributed by atoms with van der Waals surface area (Å²) in [6.45, 7) is 10.3. The van der Waals surface area contributed by atoms with E-state index in [2.05, 4.69) is 41.0 Å². The largest absolute Gasteiger partial charge is 0.334 e. The van der Waals surface area contributed by atoms with Crippen molar-refractivity contribution >= 4 is 23.4 Å². The smallest absolute Gasteiger partial charge is 0.258 e. The minimum absolute atomic E-state index is 0.110. The molecular formula is C22H22ClN5OS. The third-order valence-corrected chi connectivity index (χ3v) is 6.00. The van der Waals surface area contributed by atoms with E-state index in [0.29, 0.717) is 16.7 Å². The number of halogens is 1. The van der Waals surface area contributed by atoms with E-state index in [4.69, 9.17) is 16.1 Å². The Kier molecular flexibility index (Phi) is 5.42. The maximum Gasteiger partial charge on any atom is 0.258 e. The molecule has 3 heterocycles. The molecule has 0 fully saturated rings. The molecule has 0 radical (unpaired) electrons. The molecule has 4 aromatic rings. The molecule has 0 aliphatic heterocycles. The van der Waals surface area contributed by atoms with Crippen molar-refractivity contribution in [3.05, 3.63) is 59.0 Å². The molecule has 0 aliphatic carbocycles. The highest BCUT2D eigenvalue weighted by atomic mass is 35.5. The summed E-state index contributed by atoms with van der Waals surface area (Å²) in [6.07, 6.45) is 1.78. The number of aromatic nitrogens is 5. The van der Waals surface area contributed by atoms with Crippen molar-refractivity contribution in [3.63, 3.8) is 0 Å². The zero-order valence-corrected chi connectivity index (χ0v) is 19.0. The van der Waals surface area contributed by atoms with Gasteiger partial charge >= 0.3 is 0 Å². The number of rotatable bonds is 4. The van der Waals surface area contributed by atoms with Gasteiger partial charge in [0.2, 0.25) is 5.82 Å². The Morgan fingerprint density at radius 2 is 1.70 bits per heavy atom. The van der Waals surface area contributed by atoms with Crippen LogP contribution in [-0.2, 0) is 0 Å². The lowest BCUT2D eigenvalue weighted by Crippen LogP contribution is -2.07. The van der Waals surface area contributed by atoms with Crippen LogP contribution in [0.1, 0.15) is 32.2 Å². The van der Waals surface area contributed by atoms with Crippen molar-refractivity contribution in [1.29, 1.82) is 0 Å². The molecule has 0 atom stereocenters. The van der Waals surface area contributed by atoms with E-state index in [-0.39, 0.29) is 4.75 Å². The van der Waals surface area contributed by atoms with Gasteiger partial charge in [0.1, 0.15) is 0 Å². The van der Waals surface area contributed by atoms with Crippen LogP contribution in [0, 0.1) is 13.8 Å². The fourth-order valence-corrected chi connectivity index (χ4v) is 3.95. The van der Waals surface area contributed by atoms with Gasteiger partial charge < -0.3 is 4.52 Å². The number of thioether (sulfide) groups is 1. The molecule has 0 N–H and O–H groups in total. The number of hydrogen-bond acceptors (Lipinski definition) is 6. The highest BCUT2D eigenvalue weighted by molar-refractivity contribution is 8.00. The summed E-state index contributed by atoms with van der Waals surface area (Å²) in [5.41, 5.74) is 4.28. The zero-order chi connectivity index (χ0) is 21.5. The first-order valence-electron chi connectivity index (χ1n) is 9.53. The van der Waals surface area contributed by atoms with E-state index in [1.165, 1.54) is 0 Å². The van der Waals surface area contributed by atoms with E-state index in [9.17, 15) is 0 Å². The molecule has 8 heteroatoms. The summed E-state index contributed by atoms with van der Waals surface area (Å²) in [5, 5.41) is 10.2. The Bertz CT molecular complexity index is 1170. The molecule has 0 unspecified atom stereocenters. The summed E-state index contributed by atoms with van der Waals surface area (Å²) in [6, 6.07) is 11.7. The first kappa shape index (κ1) is 20.6. The topological polar surface area (TPSA) is 69.6 Å². The van der Waals surface area contributed by atoms with Gasteiger partial charge in [-0.2, -0.15) is 10.1 Å². The van der Waals surface area contributed by atoms with Gasteiger partial charge in [0, 0.05) is 22.1 Å². The van der Waals surface area contributed by atoms with Gasteiger partial charge in [-0.3, -0.25) is 0 Å². The molecule has 30 heavy (non-hydrogen) atoms. The molecule has 0 amide bonds. The Morgan fingerprint density at radius 1 is 1.00 bits per heavy atom. The standard InChI is InChI=1S/C22H22ClN5OS/c1-13-19(23)14(2)28(26-13)17-9-6-15(7-10-17)21-25-20(27-29-21)16-8-11-18(24-12-16)30-22(3,4)5/h6-12H,1-5H3. The first-order valence-corrected chi connectivity index (χ1v) is 10.7. The minimum Gasteiger partial charge on any atom is -0.334 e. The minimum atomic E-state index is 0.110. The van der Waals surface area contributed by atoms with Crippen LogP contribution in [0.5, 0.6) is 0 Å². The van der Waals surface area contributed by atoms with Crippen molar-refractivity contribution in [3.8, 4) is 28.5 Å². The first-order chi connectivity index (χ1) is 14.2. The van der Waals surface area contributed by atoms with Crippen molar-refractivity contribution in [1.82, 2.24) is 24.9 Å². The highest BCUT2D eigenvalue weighted by Gasteiger charge is 2.15. The van der Waals surface area contributed by atoms with E-state index in [1.807, 2.05) is 54.9 Å². The Labute approximate surface area is 184 Å². The molecule has 1 aromatic carbocycles. The van der Waals surface area contributed by atoms with Gasteiger partial charge in [-0.1, -0.05) is 37.5 Å². The fourth-order valence-electron chi connectivity index (χ4n) is 2.96. The second kappa shape index (κ2) is 7.89. The summed E-state index contributed by atoms with van der Waals surface area (Å²) in [7, 11) is 0. The predicted octanol–water partition coefficient (Wildman–Crippen LogP) is 6.15. The summed E-state index contributed by atoms with van der Waals surface area (Å²) in [4.78, 5) is 9.03. The molecular weight excluding hydrogens is 418 g/mol. The third-order valence-electron chi connectivity index (χ3n) is 4.39. The molecule has 154 valence electrons. The summed E-state index contributed by atoms with van der Waals surface area (Å²) >= 11 is 7.97. The molecule has 0 bridgehead atoms. The highest BCUT2D eigenvalue weighted by Crippen LogP contribution is 2.31. The Hall–Kier alpha value is -2.64. The van der Waals surface area contributed by atoms with Crippen LogP contribution in [-0.4, -0.2) is 29.7 Å². The van der Waals surface area contributed by atoms with Gasteiger partial charge in [-0.25, -0.2) is 9.67 Å². The van der Waals surface area contributed by atoms with Crippen LogP contribution >= 0.6 is 23.4 Å². The summed E-state index contributed by atoms with van der Waals surface area (Å²) < 4.78 is 7.40. The van der Waals surface area contributed by atoms with E-state index >= 15 is 0 Å². The average Bonchev–Trinajstić information content (AvgIpc) is 3.29. The van der Waals surface area contributed by atoms with E-state index in [1.54, 1.807) is 18.0 Å². The molecule has 0 aliphatic rings. The van der Waals surface area contributed by atoms with Gasteiger partial charge in [0.15, 0.2) is 0 Å². The van der Waals surface area contributed by atoms with Gasteiger partial charge in [0.25, 0.3) is 5.89 Å². The number of benzene rings is 1. The van der Waals surface area contributed by atoms with Crippen LogP contribution in [0.3, 0.4) is 0 Å². The van der Waals surface area contributed by atoms with E-state index in [0.717, 1.165) is 33.2 Å². The second-order valence-electron chi connectivity index (χ2n) is 7.97. The van der Waals surface area contributed by atoms with Crippen LogP contribution in [0.15, 0.2) is 52.1 Å². The Balaban J connectivity index is 1.54. The average molecular weight is 440 g/mol. The van der Waals surface area contributed by atoms with Gasteiger partial charge in [-0.05, 0) is 50.2 Å². The normalized spacial score (nSPS) is 11.8. The third kappa shape index (κ3) is 4.27.